The maximum absolute atomic E-state index is 12.3. The molecule has 17 heteroatoms. The lowest BCUT2D eigenvalue weighted by Gasteiger charge is -2.43. The minimum Gasteiger partial charge on any atom is -0.494 e. The Morgan fingerprint density at radius 1 is 1.00 bits per heavy atom. The van der Waals surface area contributed by atoms with Crippen molar-refractivity contribution in [1.82, 2.24) is 15.5 Å². The van der Waals surface area contributed by atoms with Crippen LogP contribution in [0, 0.1) is 11.5 Å². The Labute approximate surface area is 294 Å². The van der Waals surface area contributed by atoms with E-state index >= 15 is 0 Å². The smallest absolute Gasteiger partial charge is 0.303 e. The maximum atomic E-state index is 12.3. The van der Waals surface area contributed by atoms with E-state index in [0.717, 1.165) is 32.0 Å². The molecule has 1 aliphatic rings. The molecule has 0 spiro atoms. The van der Waals surface area contributed by atoms with E-state index in [-0.39, 0.29) is 18.4 Å². The fraction of sp³-hybridized carbons (Fsp3) is 0.545. The summed E-state index contributed by atoms with van der Waals surface area (Å²) in [5.41, 5.74) is 2.38. The molecular weight excluding hydrogens is 674 g/mol. The lowest BCUT2D eigenvalue weighted by Crippen LogP contribution is -2.63. The van der Waals surface area contributed by atoms with Crippen molar-refractivity contribution in [3.8, 4) is 17.8 Å². The zero-order valence-corrected chi connectivity index (χ0v) is 29.9. The molecule has 272 valence electrons. The second-order valence-corrected chi connectivity index (χ2v) is 12.2. The van der Waals surface area contributed by atoms with Crippen LogP contribution in [0.2, 0.25) is 0 Å². The molecule has 1 aromatic carbocycles. The molecule has 0 amide bonds. The van der Waals surface area contributed by atoms with Crippen LogP contribution < -0.4 is 14.8 Å². The fourth-order valence-corrected chi connectivity index (χ4v) is 5.41. The molecule has 2 heterocycles. The number of hydrogen-bond acceptors (Lipinski definition) is 15. The average molecular weight is 718 g/mol. The van der Waals surface area contributed by atoms with Gasteiger partial charge in [0.05, 0.1) is 6.61 Å². The Balaban J connectivity index is 1.86. The Hall–Kier alpha value is -4.82. The number of esters is 4. The van der Waals surface area contributed by atoms with E-state index in [0.29, 0.717) is 42.5 Å². The van der Waals surface area contributed by atoms with Gasteiger partial charge in [0.15, 0.2) is 23.6 Å². The van der Waals surface area contributed by atoms with Gasteiger partial charge in [-0.15, -0.1) is 5.10 Å². The summed E-state index contributed by atoms with van der Waals surface area (Å²) < 4.78 is 39.9. The van der Waals surface area contributed by atoms with Crippen LogP contribution in [0.4, 0.5) is 0 Å². The summed E-state index contributed by atoms with van der Waals surface area (Å²) in [6, 6.07) is 7.51. The standard InChI is InChI=1S/C33H43N5O11S/c1-18(2)27-25(15-23-9-11-24(12-10-23)43-14-8-13-35-33(50-7)36-17-34)31(38-37-27)49-32-30(47-22(6)42)29(46-21(5)41)28(45-20(4)40)26(48-32)16-44-19(3)39/h9-12,18,26,28-30,32H,8,13-16H2,1-7H3,(H,35,36)(H,37,38)/t26-,28-,29+,30-,32+/m1/s1. The summed E-state index contributed by atoms with van der Waals surface area (Å²) in [5.74, 6) is -2.06. The first-order valence-corrected chi connectivity index (χ1v) is 17.0. The summed E-state index contributed by atoms with van der Waals surface area (Å²) >= 11 is 1.36. The molecule has 5 atom stereocenters. The molecule has 2 aromatic rings. The summed E-state index contributed by atoms with van der Waals surface area (Å²) in [6.07, 6.45) is -1.97. The molecule has 1 fully saturated rings. The van der Waals surface area contributed by atoms with E-state index in [1.54, 1.807) is 0 Å². The number of rotatable bonds is 15. The quantitative estimate of drug-likeness (QED) is 0.0516. The summed E-state index contributed by atoms with van der Waals surface area (Å²) in [6.45, 7) is 9.15. The summed E-state index contributed by atoms with van der Waals surface area (Å²) in [7, 11) is 0. The highest BCUT2D eigenvalue weighted by Gasteiger charge is 2.53. The van der Waals surface area contributed by atoms with Crippen molar-refractivity contribution < 1.29 is 52.3 Å². The number of aliphatic imine (C=N–C) groups is 1. The lowest BCUT2D eigenvalue weighted by atomic mass is 9.97. The minimum atomic E-state index is -1.43. The van der Waals surface area contributed by atoms with Crippen LogP contribution in [-0.2, 0) is 49.3 Å². The van der Waals surface area contributed by atoms with Crippen molar-refractivity contribution in [2.75, 3.05) is 26.0 Å². The molecule has 1 aromatic heterocycles. The lowest BCUT2D eigenvalue weighted by molar-refractivity contribution is -0.289. The van der Waals surface area contributed by atoms with Crippen molar-refractivity contribution in [2.24, 2.45) is 4.99 Å². The van der Waals surface area contributed by atoms with Crippen LogP contribution in [0.25, 0.3) is 0 Å². The third-order valence-corrected chi connectivity index (χ3v) is 7.72. The van der Waals surface area contributed by atoms with Gasteiger partial charge in [-0.25, -0.2) is 0 Å². The number of nitrogens with one attached hydrogen (secondary N) is 2. The fourth-order valence-electron chi connectivity index (χ4n) is 5.05. The highest BCUT2D eigenvalue weighted by molar-refractivity contribution is 8.13. The number of benzene rings is 1. The molecule has 50 heavy (non-hydrogen) atoms. The van der Waals surface area contributed by atoms with Crippen molar-refractivity contribution in [2.45, 2.75) is 91.0 Å². The van der Waals surface area contributed by atoms with Crippen molar-refractivity contribution in [3.63, 3.8) is 0 Å². The molecule has 0 bridgehead atoms. The van der Waals surface area contributed by atoms with Crippen LogP contribution in [0.3, 0.4) is 0 Å². The molecule has 2 N–H and O–H groups in total. The van der Waals surface area contributed by atoms with E-state index in [1.165, 1.54) is 18.7 Å². The summed E-state index contributed by atoms with van der Waals surface area (Å²) in [4.78, 5) is 52.5. The van der Waals surface area contributed by atoms with Crippen molar-refractivity contribution in [3.05, 3.63) is 41.1 Å². The molecule has 0 saturated carbocycles. The molecular formula is C33H43N5O11S. The number of thioether (sulfide) groups is 1. The van der Waals surface area contributed by atoms with Crippen LogP contribution in [0.15, 0.2) is 29.3 Å². The predicted molar refractivity (Wildman–Crippen MR) is 179 cm³/mol. The SMILES string of the molecule is CSC(=NCCCOc1ccc(Cc2c(O[C@@H]3O[C@H](COC(C)=O)[C@@H](OC(C)=O)[C@H](OC(C)=O)[C@H]3OC(C)=O)n[nH]c2C(C)C)cc1)NC#N. The van der Waals surface area contributed by atoms with Gasteiger partial charge < -0.3 is 33.2 Å². The van der Waals surface area contributed by atoms with Crippen LogP contribution in [0.1, 0.15) is 70.7 Å². The number of nitrogens with zero attached hydrogens (tertiary/aromatic N) is 3. The van der Waals surface area contributed by atoms with Gasteiger partial charge in [-0.1, -0.05) is 37.7 Å². The maximum Gasteiger partial charge on any atom is 0.303 e. The van der Waals surface area contributed by atoms with E-state index < -0.39 is 54.6 Å². The minimum absolute atomic E-state index is 0.00509. The molecule has 16 nitrogen and oxygen atoms in total. The third kappa shape index (κ3) is 11.9. The van der Waals surface area contributed by atoms with Gasteiger partial charge in [0.25, 0.3) is 0 Å². The molecule has 1 saturated heterocycles. The topological polar surface area (TPSA) is 210 Å². The van der Waals surface area contributed by atoms with Crippen LogP contribution in [0.5, 0.6) is 11.6 Å². The average Bonchev–Trinajstić information content (AvgIpc) is 3.44. The molecule has 0 aliphatic carbocycles. The Bertz CT molecular complexity index is 1540. The van der Waals surface area contributed by atoms with Gasteiger partial charge >= 0.3 is 23.9 Å². The highest BCUT2D eigenvalue weighted by atomic mass is 32.2. The van der Waals surface area contributed by atoms with E-state index in [9.17, 15) is 19.2 Å². The van der Waals surface area contributed by atoms with E-state index in [2.05, 4.69) is 20.5 Å². The molecule has 1 aliphatic heterocycles. The second kappa shape index (κ2) is 19.4. The first kappa shape index (κ1) is 39.6. The molecule has 0 unspecified atom stereocenters. The number of H-pyrrole nitrogens is 1. The van der Waals surface area contributed by atoms with Gasteiger partial charge in [0, 0.05) is 58.3 Å². The number of carbonyl (C=O) groups is 4. The second-order valence-electron chi connectivity index (χ2n) is 11.4. The number of amidine groups is 1. The first-order valence-electron chi connectivity index (χ1n) is 15.8. The van der Waals surface area contributed by atoms with Gasteiger partial charge in [0.1, 0.15) is 18.5 Å². The Morgan fingerprint density at radius 3 is 2.22 bits per heavy atom. The molecule has 3 rings (SSSR count). The Morgan fingerprint density at radius 2 is 1.64 bits per heavy atom. The highest BCUT2D eigenvalue weighted by Crippen LogP contribution is 2.34. The number of nitriles is 1. The molecule has 0 radical (unpaired) electrons. The zero-order valence-electron chi connectivity index (χ0n) is 29.0. The monoisotopic (exact) mass is 717 g/mol. The van der Waals surface area contributed by atoms with E-state index in [1.807, 2.05) is 50.6 Å². The van der Waals surface area contributed by atoms with Gasteiger partial charge in [-0.3, -0.25) is 34.6 Å². The summed E-state index contributed by atoms with van der Waals surface area (Å²) in [5, 5.41) is 19.2. The third-order valence-electron chi connectivity index (χ3n) is 7.10. The number of aromatic amines is 1. The van der Waals surface area contributed by atoms with Crippen molar-refractivity contribution in [1.29, 1.82) is 5.26 Å². The zero-order chi connectivity index (χ0) is 36.8. The van der Waals surface area contributed by atoms with Crippen LogP contribution >= 0.6 is 11.8 Å². The van der Waals surface area contributed by atoms with Gasteiger partial charge in [-0.05, 0) is 29.9 Å². The number of ether oxygens (including phenoxy) is 7. The van der Waals surface area contributed by atoms with Crippen LogP contribution in [-0.4, -0.2) is 96.0 Å². The normalized spacial score (nSPS) is 20.3. The number of carbonyl (C=O) groups excluding carboxylic acids is 4. The van der Waals surface area contributed by atoms with Gasteiger partial charge in [0.2, 0.25) is 18.3 Å². The van der Waals surface area contributed by atoms with E-state index in [4.69, 9.17) is 38.4 Å². The van der Waals surface area contributed by atoms with Gasteiger partial charge in [-0.2, -0.15) is 5.26 Å². The van der Waals surface area contributed by atoms with Crippen molar-refractivity contribution >= 4 is 40.8 Å². The number of aromatic nitrogens is 2. The predicted octanol–water partition coefficient (Wildman–Crippen LogP) is 3.14. The Kier molecular flexibility index (Phi) is 15.4. The first-order chi connectivity index (χ1) is 23.8. The largest absolute Gasteiger partial charge is 0.494 e. The number of hydrogen-bond donors (Lipinski definition) is 2.